The summed E-state index contributed by atoms with van der Waals surface area (Å²) in [5, 5.41) is 0. The Morgan fingerprint density at radius 1 is 0.850 bits per heavy atom. The van der Waals surface area contributed by atoms with Crippen molar-refractivity contribution in [1.29, 1.82) is 0 Å². The van der Waals surface area contributed by atoms with E-state index in [1.807, 2.05) is 53.1 Å². The number of fused-ring (bicyclic) bond motifs is 1. The predicted molar refractivity (Wildman–Crippen MR) is 144 cm³/mol. The standard InChI is InChI=1S/C31H25F3N2O4/c1-2-38-30(37)25-11-5-8-14-28(25)39-20-23-10-4-3-9-22(23)19-36-27-13-7-6-12-26(27)35-29(36)21-15-17-24(18-16-21)40-31(32,33)34/h3-18H,2,19-20H2,1H3. The Hall–Kier alpha value is -4.79. The van der Waals surface area contributed by atoms with E-state index in [0.29, 0.717) is 29.2 Å². The van der Waals surface area contributed by atoms with Crippen molar-refractivity contribution in [3.8, 4) is 22.9 Å². The quantitative estimate of drug-likeness (QED) is 0.180. The molecule has 0 aliphatic heterocycles. The Labute approximate surface area is 228 Å². The molecule has 0 aliphatic rings. The van der Waals surface area contributed by atoms with Gasteiger partial charge in [0.1, 0.15) is 29.5 Å². The topological polar surface area (TPSA) is 62.6 Å². The van der Waals surface area contributed by atoms with Gasteiger partial charge in [0.05, 0.1) is 24.2 Å². The number of imidazole rings is 1. The fourth-order valence-corrected chi connectivity index (χ4v) is 4.41. The molecule has 1 heterocycles. The van der Waals surface area contributed by atoms with Gasteiger partial charge >= 0.3 is 12.3 Å². The van der Waals surface area contributed by atoms with Crippen molar-refractivity contribution in [3.05, 3.63) is 114 Å². The summed E-state index contributed by atoms with van der Waals surface area (Å²) in [5.74, 6) is 0.269. The van der Waals surface area contributed by atoms with E-state index in [9.17, 15) is 18.0 Å². The minimum Gasteiger partial charge on any atom is -0.488 e. The Morgan fingerprint density at radius 3 is 2.27 bits per heavy atom. The van der Waals surface area contributed by atoms with E-state index in [1.165, 1.54) is 12.1 Å². The van der Waals surface area contributed by atoms with Crippen LogP contribution in [0.2, 0.25) is 0 Å². The number of rotatable bonds is 9. The fourth-order valence-electron chi connectivity index (χ4n) is 4.41. The molecule has 40 heavy (non-hydrogen) atoms. The Kier molecular flexibility index (Phi) is 7.72. The van der Waals surface area contributed by atoms with Gasteiger partial charge < -0.3 is 18.8 Å². The van der Waals surface area contributed by atoms with Gasteiger partial charge in [-0.3, -0.25) is 0 Å². The maximum Gasteiger partial charge on any atom is 0.573 e. The first-order chi connectivity index (χ1) is 19.3. The lowest BCUT2D eigenvalue weighted by Gasteiger charge is -2.16. The number of alkyl halides is 3. The average molecular weight is 547 g/mol. The molecule has 0 amide bonds. The van der Waals surface area contributed by atoms with Crippen molar-refractivity contribution in [1.82, 2.24) is 9.55 Å². The van der Waals surface area contributed by atoms with E-state index in [-0.39, 0.29) is 19.0 Å². The summed E-state index contributed by atoms with van der Waals surface area (Å²) in [6.45, 7) is 2.64. The second-order valence-electron chi connectivity index (χ2n) is 8.86. The van der Waals surface area contributed by atoms with Gasteiger partial charge in [-0.1, -0.05) is 48.5 Å². The molecule has 4 aromatic carbocycles. The van der Waals surface area contributed by atoms with Crippen molar-refractivity contribution in [2.45, 2.75) is 26.4 Å². The lowest BCUT2D eigenvalue weighted by Crippen LogP contribution is -2.17. The zero-order chi connectivity index (χ0) is 28.1. The van der Waals surface area contributed by atoms with Gasteiger partial charge in [-0.2, -0.15) is 0 Å². The first-order valence-electron chi connectivity index (χ1n) is 12.6. The monoisotopic (exact) mass is 546 g/mol. The molecule has 0 N–H and O–H groups in total. The average Bonchev–Trinajstić information content (AvgIpc) is 3.30. The molecule has 0 unspecified atom stereocenters. The van der Waals surface area contributed by atoms with Crippen LogP contribution in [0.15, 0.2) is 97.1 Å². The molecule has 0 radical (unpaired) electrons. The molecule has 204 valence electrons. The van der Waals surface area contributed by atoms with E-state index in [0.717, 1.165) is 22.2 Å². The highest BCUT2D eigenvalue weighted by Gasteiger charge is 2.31. The molecule has 0 fully saturated rings. The van der Waals surface area contributed by atoms with E-state index in [1.54, 1.807) is 43.3 Å². The van der Waals surface area contributed by atoms with E-state index in [4.69, 9.17) is 14.5 Å². The van der Waals surface area contributed by atoms with Crippen molar-refractivity contribution >= 4 is 17.0 Å². The first kappa shape index (κ1) is 26.8. The molecule has 9 heteroatoms. The molecule has 0 bridgehead atoms. The lowest BCUT2D eigenvalue weighted by atomic mass is 10.1. The smallest absolute Gasteiger partial charge is 0.488 e. The van der Waals surface area contributed by atoms with E-state index in [2.05, 4.69) is 4.74 Å². The third-order valence-electron chi connectivity index (χ3n) is 6.21. The lowest BCUT2D eigenvalue weighted by molar-refractivity contribution is -0.274. The summed E-state index contributed by atoms with van der Waals surface area (Å²) in [4.78, 5) is 17.1. The molecule has 6 nitrogen and oxygen atoms in total. The maximum absolute atomic E-state index is 12.6. The van der Waals surface area contributed by atoms with Gasteiger partial charge in [-0.05, 0) is 66.6 Å². The molecule has 5 aromatic rings. The third-order valence-corrected chi connectivity index (χ3v) is 6.21. The summed E-state index contributed by atoms with van der Waals surface area (Å²) >= 11 is 0. The number of aromatic nitrogens is 2. The number of hydrogen-bond acceptors (Lipinski definition) is 5. The number of para-hydroxylation sites is 3. The molecule has 0 aliphatic carbocycles. The van der Waals surface area contributed by atoms with Crippen LogP contribution in [-0.4, -0.2) is 28.5 Å². The van der Waals surface area contributed by atoms with Crippen molar-refractivity contribution in [2.24, 2.45) is 0 Å². The van der Waals surface area contributed by atoms with Crippen LogP contribution >= 0.6 is 0 Å². The maximum atomic E-state index is 12.6. The highest BCUT2D eigenvalue weighted by molar-refractivity contribution is 5.92. The van der Waals surface area contributed by atoms with Crippen molar-refractivity contribution < 1.29 is 32.2 Å². The van der Waals surface area contributed by atoms with Crippen LogP contribution < -0.4 is 9.47 Å². The predicted octanol–water partition coefficient (Wildman–Crippen LogP) is 7.41. The minimum absolute atomic E-state index is 0.206. The van der Waals surface area contributed by atoms with Crippen LogP contribution in [0.25, 0.3) is 22.4 Å². The number of carbonyl (C=O) groups excluding carboxylic acids is 1. The summed E-state index contributed by atoms with van der Waals surface area (Å²) < 4.78 is 55.2. The number of nitrogens with zero attached hydrogens (tertiary/aromatic N) is 2. The molecular formula is C31H25F3N2O4. The van der Waals surface area contributed by atoms with Gasteiger partial charge in [0.15, 0.2) is 0 Å². The van der Waals surface area contributed by atoms with E-state index >= 15 is 0 Å². The van der Waals surface area contributed by atoms with Crippen LogP contribution in [0.1, 0.15) is 28.4 Å². The molecule has 0 spiro atoms. The number of ether oxygens (including phenoxy) is 3. The van der Waals surface area contributed by atoms with Crippen LogP contribution in [0.5, 0.6) is 11.5 Å². The summed E-state index contributed by atoms with van der Waals surface area (Å²) in [7, 11) is 0. The van der Waals surface area contributed by atoms with E-state index < -0.39 is 12.3 Å². The second kappa shape index (κ2) is 11.5. The Balaban J connectivity index is 1.45. The Morgan fingerprint density at radius 2 is 1.52 bits per heavy atom. The number of benzene rings is 4. The molecule has 0 atom stereocenters. The summed E-state index contributed by atoms with van der Waals surface area (Å²) in [5.41, 5.74) is 4.48. The van der Waals surface area contributed by atoms with Crippen LogP contribution in [0.3, 0.4) is 0 Å². The SMILES string of the molecule is CCOC(=O)c1ccccc1OCc1ccccc1Cn1c(-c2ccc(OC(F)(F)F)cc2)nc2ccccc21. The zero-order valence-electron chi connectivity index (χ0n) is 21.5. The minimum atomic E-state index is -4.77. The van der Waals surface area contributed by atoms with Crippen LogP contribution in [0.4, 0.5) is 13.2 Å². The molecule has 0 saturated heterocycles. The molecular weight excluding hydrogens is 521 g/mol. The zero-order valence-corrected chi connectivity index (χ0v) is 21.5. The van der Waals surface area contributed by atoms with Crippen LogP contribution in [-0.2, 0) is 17.9 Å². The summed E-state index contributed by atoms with van der Waals surface area (Å²) in [6.07, 6.45) is -4.77. The second-order valence-corrected chi connectivity index (χ2v) is 8.86. The van der Waals surface area contributed by atoms with Gasteiger partial charge in [0.2, 0.25) is 0 Å². The molecule has 5 rings (SSSR count). The van der Waals surface area contributed by atoms with Gasteiger partial charge in [-0.25, -0.2) is 9.78 Å². The molecule has 1 aromatic heterocycles. The summed E-state index contributed by atoms with van der Waals surface area (Å²) in [6, 6.07) is 28.0. The Bertz CT molecular complexity index is 1630. The van der Waals surface area contributed by atoms with Crippen molar-refractivity contribution in [3.63, 3.8) is 0 Å². The van der Waals surface area contributed by atoms with Gasteiger partial charge in [0, 0.05) is 5.56 Å². The number of esters is 1. The third kappa shape index (κ3) is 6.09. The number of carbonyl (C=O) groups is 1. The highest BCUT2D eigenvalue weighted by Crippen LogP contribution is 2.30. The van der Waals surface area contributed by atoms with Crippen LogP contribution in [0, 0.1) is 0 Å². The largest absolute Gasteiger partial charge is 0.573 e. The normalized spacial score (nSPS) is 11.4. The first-order valence-corrected chi connectivity index (χ1v) is 12.6. The number of halogens is 3. The van der Waals surface area contributed by atoms with Gasteiger partial charge in [0.25, 0.3) is 0 Å². The number of hydrogen-bond donors (Lipinski definition) is 0. The molecule has 0 saturated carbocycles. The fraction of sp³-hybridized carbons (Fsp3) is 0.161. The highest BCUT2D eigenvalue weighted by atomic mass is 19.4. The van der Waals surface area contributed by atoms with Crippen molar-refractivity contribution in [2.75, 3.05) is 6.61 Å². The van der Waals surface area contributed by atoms with Gasteiger partial charge in [-0.15, -0.1) is 13.2 Å².